The molecular formula is C24H19F2IN4O. The lowest BCUT2D eigenvalue weighted by atomic mass is 10.0. The van der Waals surface area contributed by atoms with Gasteiger partial charge in [-0.05, 0) is 65.4 Å². The van der Waals surface area contributed by atoms with Crippen molar-refractivity contribution in [2.24, 2.45) is 0 Å². The molecular weight excluding hydrogens is 525 g/mol. The smallest absolute Gasteiger partial charge is 0.266 e. The van der Waals surface area contributed by atoms with E-state index in [2.05, 4.69) is 32.9 Å². The molecule has 2 heterocycles. The van der Waals surface area contributed by atoms with Gasteiger partial charge in [0.05, 0.1) is 17.3 Å². The van der Waals surface area contributed by atoms with Gasteiger partial charge in [0.2, 0.25) is 0 Å². The SMILES string of the molecule is CC(N/C=C(/I)c1ccccc1N)c1nc2ccc(F)cn2c(=O)c1-c1cccc(F)c1. The van der Waals surface area contributed by atoms with E-state index in [-0.39, 0.29) is 5.56 Å². The summed E-state index contributed by atoms with van der Waals surface area (Å²) in [5.41, 5.74) is 8.39. The summed E-state index contributed by atoms with van der Waals surface area (Å²) in [6, 6.07) is 15.5. The number of pyridine rings is 1. The predicted octanol–water partition coefficient (Wildman–Crippen LogP) is 5.31. The molecule has 3 N–H and O–H groups in total. The van der Waals surface area contributed by atoms with E-state index in [4.69, 9.17) is 5.73 Å². The fourth-order valence-corrected chi connectivity index (χ4v) is 4.10. The average molecular weight is 544 g/mol. The van der Waals surface area contributed by atoms with Gasteiger partial charge in [-0.1, -0.05) is 30.3 Å². The van der Waals surface area contributed by atoms with Crippen molar-refractivity contribution in [1.29, 1.82) is 0 Å². The molecule has 0 amide bonds. The first-order valence-electron chi connectivity index (χ1n) is 9.79. The zero-order valence-corrected chi connectivity index (χ0v) is 19.2. The Hall–Kier alpha value is -3.27. The molecule has 32 heavy (non-hydrogen) atoms. The molecule has 2 aromatic carbocycles. The van der Waals surface area contributed by atoms with Gasteiger partial charge in [0.25, 0.3) is 5.56 Å². The van der Waals surface area contributed by atoms with Crippen molar-refractivity contribution in [3.63, 3.8) is 0 Å². The van der Waals surface area contributed by atoms with Gasteiger partial charge in [-0.2, -0.15) is 0 Å². The minimum atomic E-state index is -0.566. The van der Waals surface area contributed by atoms with E-state index >= 15 is 0 Å². The van der Waals surface area contributed by atoms with Gasteiger partial charge in [-0.25, -0.2) is 13.8 Å². The molecule has 0 bridgehead atoms. The van der Waals surface area contributed by atoms with E-state index in [1.54, 1.807) is 12.3 Å². The van der Waals surface area contributed by atoms with E-state index in [9.17, 15) is 13.6 Å². The van der Waals surface area contributed by atoms with Crippen LogP contribution in [-0.2, 0) is 0 Å². The van der Waals surface area contributed by atoms with E-state index < -0.39 is 23.2 Å². The molecule has 0 aliphatic rings. The number of halogens is 3. The van der Waals surface area contributed by atoms with Crippen LogP contribution in [-0.4, -0.2) is 9.38 Å². The second-order valence-corrected chi connectivity index (χ2v) is 8.39. The highest BCUT2D eigenvalue weighted by molar-refractivity contribution is 14.1. The van der Waals surface area contributed by atoms with Gasteiger partial charge in [0, 0.05) is 27.2 Å². The van der Waals surface area contributed by atoms with Crippen molar-refractivity contribution in [2.45, 2.75) is 13.0 Å². The molecule has 0 radical (unpaired) electrons. The van der Waals surface area contributed by atoms with Crippen molar-refractivity contribution in [3.05, 3.63) is 106 Å². The van der Waals surface area contributed by atoms with Crippen LogP contribution in [0.3, 0.4) is 0 Å². The average Bonchev–Trinajstić information content (AvgIpc) is 2.77. The normalized spacial score (nSPS) is 12.7. The van der Waals surface area contributed by atoms with Crippen molar-refractivity contribution in [1.82, 2.24) is 14.7 Å². The van der Waals surface area contributed by atoms with Crippen LogP contribution >= 0.6 is 22.6 Å². The summed E-state index contributed by atoms with van der Waals surface area (Å²) >= 11 is 2.18. The lowest BCUT2D eigenvalue weighted by Crippen LogP contribution is -2.24. The zero-order chi connectivity index (χ0) is 22.8. The molecule has 2 aromatic heterocycles. The fraction of sp³-hybridized carbons (Fsp3) is 0.0833. The Morgan fingerprint density at radius 2 is 1.91 bits per heavy atom. The third-order valence-electron chi connectivity index (χ3n) is 5.02. The molecule has 8 heteroatoms. The van der Waals surface area contributed by atoms with Crippen LogP contribution in [0.2, 0.25) is 0 Å². The van der Waals surface area contributed by atoms with Gasteiger partial charge in [0.15, 0.2) is 0 Å². The summed E-state index contributed by atoms with van der Waals surface area (Å²) in [5.74, 6) is -1.05. The highest BCUT2D eigenvalue weighted by atomic mass is 127. The number of nitrogens with one attached hydrogen (secondary N) is 1. The number of nitrogens with zero attached hydrogens (tertiary/aromatic N) is 2. The van der Waals surface area contributed by atoms with Gasteiger partial charge >= 0.3 is 0 Å². The maximum absolute atomic E-state index is 13.9. The summed E-state index contributed by atoms with van der Waals surface area (Å²) < 4.78 is 29.8. The number of para-hydroxylation sites is 1. The third kappa shape index (κ3) is 4.36. The van der Waals surface area contributed by atoms with Crippen LogP contribution in [0.15, 0.2) is 77.9 Å². The largest absolute Gasteiger partial charge is 0.398 e. The molecule has 1 atom stereocenters. The monoisotopic (exact) mass is 544 g/mol. The molecule has 0 saturated carbocycles. The first kappa shape index (κ1) is 21.9. The predicted molar refractivity (Wildman–Crippen MR) is 131 cm³/mol. The van der Waals surface area contributed by atoms with Crippen LogP contribution in [0.1, 0.15) is 24.2 Å². The van der Waals surface area contributed by atoms with Gasteiger partial charge in [0.1, 0.15) is 17.3 Å². The van der Waals surface area contributed by atoms with Crippen LogP contribution in [0.4, 0.5) is 14.5 Å². The Bertz CT molecular complexity index is 1400. The van der Waals surface area contributed by atoms with Crippen molar-refractivity contribution >= 4 is 37.5 Å². The minimum Gasteiger partial charge on any atom is -0.398 e. The number of aromatic nitrogens is 2. The highest BCUT2D eigenvalue weighted by Crippen LogP contribution is 2.28. The lowest BCUT2D eigenvalue weighted by Gasteiger charge is -2.18. The topological polar surface area (TPSA) is 72.4 Å². The van der Waals surface area contributed by atoms with Crippen LogP contribution in [0, 0.1) is 11.6 Å². The van der Waals surface area contributed by atoms with E-state index in [0.29, 0.717) is 22.6 Å². The maximum atomic E-state index is 13.9. The lowest BCUT2D eigenvalue weighted by molar-refractivity contribution is 0.615. The minimum absolute atomic E-state index is 0.204. The molecule has 0 saturated heterocycles. The summed E-state index contributed by atoms with van der Waals surface area (Å²) in [7, 11) is 0. The molecule has 5 nitrogen and oxygen atoms in total. The third-order valence-corrected chi connectivity index (χ3v) is 5.91. The first-order valence-corrected chi connectivity index (χ1v) is 10.9. The molecule has 4 aromatic rings. The maximum Gasteiger partial charge on any atom is 0.266 e. The van der Waals surface area contributed by atoms with Gasteiger partial charge < -0.3 is 11.1 Å². The zero-order valence-electron chi connectivity index (χ0n) is 17.0. The Morgan fingerprint density at radius 3 is 2.66 bits per heavy atom. The number of rotatable bonds is 5. The molecule has 162 valence electrons. The molecule has 4 rings (SSSR count). The second kappa shape index (κ2) is 9.07. The highest BCUT2D eigenvalue weighted by Gasteiger charge is 2.20. The second-order valence-electron chi connectivity index (χ2n) is 7.23. The van der Waals surface area contributed by atoms with Gasteiger partial charge in [-0.15, -0.1) is 0 Å². The molecule has 0 aliphatic carbocycles. The summed E-state index contributed by atoms with van der Waals surface area (Å²) in [5, 5.41) is 3.25. The number of anilines is 1. The number of hydrogen-bond donors (Lipinski definition) is 2. The Labute approximate surface area is 196 Å². The number of nitrogens with two attached hydrogens (primary N) is 1. The number of benzene rings is 2. The van der Waals surface area contributed by atoms with Crippen molar-refractivity contribution in [3.8, 4) is 11.1 Å². The summed E-state index contributed by atoms with van der Waals surface area (Å²) in [6.07, 6.45) is 2.87. The summed E-state index contributed by atoms with van der Waals surface area (Å²) in [4.78, 5) is 17.9. The fourth-order valence-electron chi connectivity index (χ4n) is 3.43. The number of hydrogen-bond acceptors (Lipinski definition) is 4. The molecule has 0 aliphatic heterocycles. The number of nitrogen functional groups attached to an aromatic ring is 1. The number of fused-ring (bicyclic) bond motifs is 1. The van der Waals surface area contributed by atoms with Crippen molar-refractivity contribution < 1.29 is 8.78 Å². The Morgan fingerprint density at radius 1 is 1.12 bits per heavy atom. The Kier molecular flexibility index (Phi) is 6.22. The van der Waals surface area contributed by atoms with E-state index in [1.165, 1.54) is 30.3 Å². The first-order chi connectivity index (χ1) is 15.3. The Balaban J connectivity index is 1.83. The van der Waals surface area contributed by atoms with E-state index in [0.717, 1.165) is 19.7 Å². The molecule has 0 spiro atoms. The van der Waals surface area contributed by atoms with Crippen LogP contribution in [0.25, 0.3) is 20.4 Å². The van der Waals surface area contributed by atoms with E-state index in [1.807, 2.05) is 31.2 Å². The van der Waals surface area contributed by atoms with Crippen LogP contribution < -0.4 is 16.6 Å². The molecule has 1 unspecified atom stereocenters. The van der Waals surface area contributed by atoms with Crippen molar-refractivity contribution in [2.75, 3.05) is 5.73 Å². The molecule has 0 fully saturated rings. The quantitative estimate of drug-likeness (QED) is 0.264. The van der Waals surface area contributed by atoms with Gasteiger partial charge in [-0.3, -0.25) is 9.20 Å². The van der Waals surface area contributed by atoms with Crippen LogP contribution in [0.5, 0.6) is 0 Å². The summed E-state index contributed by atoms with van der Waals surface area (Å²) in [6.45, 7) is 1.85. The standard InChI is InChI=1S/C24H19F2IN4O/c1-14(29-12-19(27)18-7-2-3-8-20(18)28)23-22(15-5-4-6-16(25)11-15)24(32)31-13-17(26)9-10-21(31)30-23/h2-14,29H,28H2,1H3/b19-12+.